The molecule has 0 N–H and O–H groups in total. The molecule has 420 valence electrons. The first-order chi connectivity index (χ1) is 35.0. The SMILES string of the molecule is CCCCCCCCC/C=C\CCCCCCCC(=O)OC(COC(=O)CCCCCCCCCCCCCCCCCC)COC(=O)CCCCCCCCCCCCCCCCCCCCCCC. The van der Waals surface area contributed by atoms with E-state index in [1.54, 1.807) is 0 Å². The Bertz CT molecular complexity index is 1100. The summed E-state index contributed by atoms with van der Waals surface area (Å²) < 4.78 is 16.9. The number of hydrogen-bond donors (Lipinski definition) is 0. The van der Waals surface area contributed by atoms with E-state index in [4.69, 9.17) is 14.2 Å². The number of carbonyl (C=O) groups is 3. The van der Waals surface area contributed by atoms with Gasteiger partial charge >= 0.3 is 17.9 Å². The molecule has 0 aromatic rings. The summed E-state index contributed by atoms with van der Waals surface area (Å²) in [5, 5.41) is 0. The highest BCUT2D eigenvalue weighted by Crippen LogP contribution is 2.18. The Kier molecular flexibility index (Phi) is 59.1. The van der Waals surface area contributed by atoms with Gasteiger partial charge in [0.15, 0.2) is 6.10 Å². The monoisotopic (exact) mass is 1000 g/mol. The summed E-state index contributed by atoms with van der Waals surface area (Å²) in [5.41, 5.74) is 0. The van der Waals surface area contributed by atoms with Crippen molar-refractivity contribution in [2.45, 2.75) is 374 Å². The molecule has 0 amide bonds. The van der Waals surface area contributed by atoms with E-state index in [9.17, 15) is 14.4 Å². The molecule has 1 unspecified atom stereocenters. The van der Waals surface area contributed by atoms with Gasteiger partial charge in [-0.05, 0) is 44.9 Å². The van der Waals surface area contributed by atoms with Gasteiger partial charge in [-0.25, -0.2) is 0 Å². The average Bonchev–Trinajstić information content (AvgIpc) is 3.37. The molecule has 0 saturated carbocycles. The zero-order valence-electron chi connectivity index (χ0n) is 48.3. The molecule has 1 atom stereocenters. The maximum Gasteiger partial charge on any atom is 0.306 e. The molecule has 0 spiro atoms. The van der Waals surface area contributed by atoms with Crippen LogP contribution in [0.2, 0.25) is 0 Å². The smallest absolute Gasteiger partial charge is 0.306 e. The van der Waals surface area contributed by atoms with Crippen LogP contribution < -0.4 is 0 Å². The second kappa shape index (κ2) is 60.7. The summed E-state index contributed by atoms with van der Waals surface area (Å²) in [6.07, 6.45) is 70.7. The van der Waals surface area contributed by atoms with Crippen LogP contribution in [0.5, 0.6) is 0 Å². The van der Waals surface area contributed by atoms with E-state index in [0.717, 1.165) is 64.2 Å². The molecule has 0 fully saturated rings. The Morgan fingerprint density at radius 1 is 0.268 bits per heavy atom. The first-order valence-corrected chi connectivity index (χ1v) is 32.2. The Morgan fingerprint density at radius 2 is 0.465 bits per heavy atom. The average molecular weight is 1000 g/mol. The number of hydrogen-bond acceptors (Lipinski definition) is 6. The molecule has 71 heavy (non-hydrogen) atoms. The summed E-state index contributed by atoms with van der Waals surface area (Å²) >= 11 is 0. The molecule has 0 aliphatic rings. The molecule has 6 heteroatoms. The van der Waals surface area contributed by atoms with Crippen molar-refractivity contribution in [3.63, 3.8) is 0 Å². The van der Waals surface area contributed by atoms with Crippen LogP contribution in [0.15, 0.2) is 12.2 Å². The molecular formula is C65H124O6. The van der Waals surface area contributed by atoms with E-state index in [-0.39, 0.29) is 31.1 Å². The topological polar surface area (TPSA) is 78.9 Å². The standard InChI is InChI=1S/C65H124O6/c1-4-7-10-13-16-19-22-25-28-31-32-33-34-35-38-40-43-46-49-52-55-58-64(67)70-61-62(71-65(68)59-56-53-50-47-44-41-37-30-27-24-21-18-15-12-9-6-3)60-69-63(66)57-54-51-48-45-42-39-36-29-26-23-20-17-14-11-8-5-2/h30,37,62H,4-29,31-36,38-61H2,1-3H3/b37-30-. The Labute approximate surface area is 443 Å². The first-order valence-electron chi connectivity index (χ1n) is 32.2. The van der Waals surface area contributed by atoms with Gasteiger partial charge in [0.25, 0.3) is 0 Å². The van der Waals surface area contributed by atoms with E-state index in [1.807, 2.05) is 0 Å². The molecule has 0 aliphatic carbocycles. The summed E-state index contributed by atoms with van der Waals surface area (Å²) in [4.78, 5) is 38.3. The lowest BCUT2D eigenvalue weighted by molar-refractivity contribution is -0.167. The predicted molar refractivity (Wildman–Crippen MR) is 307 cm³/mol. The molecule has 0 rings (SSSR count). The number of esters is 3. The van der Waals surface area contributed by atoms with Crippen molar-refractivity contribution in [1.82, 2.24) is 0 Å². The fourth-order valence-corrected chi connectivity index (χ4v) is 9.91. The van der Waals surface area contributed by atoms with E-state index < -0.39 is 6.10 Å². The van der Waals surface area contributed by atoms with Crippen LogP contribution in [-0.2, 0) is 28.6 Å². The molecular weight excluding hydrogens is 877 g/mol. The summed E-state index contributed by atoms with van der Waals surface area (Å²) in [6.45, 7) is 6.71. The van der Waals surface area contributed by atoms with Crippen molar-refractivity contribution in [3.05, 3.63) is 12.2 Å². The van der Waals surface area contributed by atoms with Crippen LogP contribution in [0, 0.1) is 0 Å². The van der Waals surface area contributed by atoms with Gasteiger partial charge < -0.3 is 14.2 Å². The van der Waals surface area contributed by atoms with Crippen molar-refractivity contribution >= 4 is 17.9 Å². The van der Waals surface area contributed by atoms with Crippen LogP contribution in [0.4, 0.5) is 0 Å². The van der Waals surface area contributed by atoms with E-state index in [2.05, 4.69) is 32.9 Å². The molecule has 0 aromatic carbocycles. The lowest BCUT2D eigenvalue weighted by atomic mass is 10.0. The number of unbranched alkanes of at least 4 members (excludes halogenated alkanes) is 47. The third kappa shape index (κ3) is 58.9. The predicted octanol–water partition coefficient (Wildman–Crippen LogP) is 21.7. The highest BCUT2D eigenvalue weighted by Gasteiger charge is 2.19. The lowest BCUT2D eigenvalue weighted by Crippen LogP contribution is -2.30. The van der Waals surface area contributed by atoms with Gasteiger partial charge in [0.05, 0.1) is 0 Å². The van der Waals surface area contributed by atoms with Gasteiger partial charge in [-0.2, -0.15) is 0 Å². The highest BCUT2D eigenvalue weighted by atomic mass is 16.6. The molecule has 0 bridgehead atoms. The van der Waals surface area contributed by atoms with Crippen LogP contribution in [0.3, 0.4) is 0 Å². The Hall–Kier alpha value is -1.85. The van der Waals surface area contributed by atoms with Gasteiger partial charge in [0.1, 0.15) is 13.2 Å². The largest absolute Gasteiger partial charge is 0.462 e. The van der Waals surface area contributed by atoms with Crippen LogP contribution in [0.1, 0.15) is 367 Å². The van der Waals surface area contributed by atoms with Crippen LogP contribution in [0.25, 0.3) is 0 Å². The molecule has 6 nitrogen and oxygen atoms in total. The molecule has 0 aromatic heterocycles. The van der Waals surface area contributed by atoms with E-state index >= 15 is 0 Å². The zero-order chi connectivity index (χ0) is 51.4. The normalized spacial score (nSPS) is 12.0. The maximum atomic E-state index is 12.9. The van der Waals surface area contributed by atoms with Crippen molar-refractivity contribution in [3.8, 4) is 0 Å². The van der Waals surface area contributed by atoms with Gasteiger partial charge in [-0.3, -0.25) is 14.4 Å². The summed E-state index contributed by atoms with van der Waals surface area (Å²) in [7, 11) is 0. The fraction of sp³-hybridized carbons (Fsp3) is 0.923. The van der Waals surface area contributed by atoms with Crippen LogP contribution >= 0.6 is 0 Å². The highest BCUT2D eigenvalue weighted by molar-refractivity contribution is 5.71. The van der Waals surface area contributed by atoms with E-state index in [1.165, 1.54) is 263 Å². The molecule has 0 saturated heterocycles. The van der Waals surface area contributed by atoms with Crippen molar-refractivity contribution in [1.29, 1.82) is 0 Å². The first kappa shape index (κ1) is 69.2. The minimum atomic E-state index is -0.770. The lowest BCUT2D eigenvalue weighted by Gasteiger charge is -2.18. The molecule has 0 heterocycles. The van der Waals surface area contributed by atoms with Gasteiger partial charge in [-0.1, -0.05) is 315 Å². The van der Waals surface area contributed by atoms with Gasteiger partial charge in [0, 0.05) is 19.3 Å². The quantitative estimate of drug-likeness (QED) is 0.0261. The minimum absolute atomic E-state index is 0.0668. The Balaban J connectivity index is 4.28. The zero-order valence-corrected chi connectivity index (χ0v) is 48.3. The maximum absolute atomic E-state index is 12.9. The third-order valence-electron chi connectivity index (χ3n) is 14.8. The summed E-state index contributed by atoms with van der Waals surface area (Å²) in [6, 6.07) is 0. The fourth-order valence-electron chi connectivity index (χ4n) is 9.91. The Morgan fingerprint density at radius 3 is 0.704 bits per heavy atom. The molecule has 0 radical (unpaired) electrons. The van der Waals surface area contributed by atoms with Crippen molar-refractivity contribution in [2.24, 2.45) is 0 Å². The van der Waals surface area contributed by atoms with Gasteiger partial charge in [-0.15, -0.1) is 0 Å². The number of carbonyl (C=O) groups excluding carboxylic acids is 3. The molecule has 0 aliphatic heterocycles. The minimum Gasteiger partial charge on any atom is -0.462 e. The third-order valence-corrected chi connectivity index (χ3v) is 14.8. The van der Waals surface area contributed by atoms with Crippen molar-refractivity contribution in [2.75, 3.05) is 13.2 Å². The second-order valence-electron chi connectivity index (χ2n) is 22.0. The second-order valence-corrected chi connectivity index (χ2v) is 22.0. The van der Waals surface area contributed by atoms with E-state index in [0.29, 0.717) is 19.3 Å². The van der Waals surface area contributed by atoms with Crippen molar-refractivity contribution < 1.29 is 28.6 Å². The summed E-state index contributed by atoms with van der Waals surface area (Å²) in [5.74, 6) is -0.844. The van der Waals surface area contributed by atoms with Gasteiger partial charge in [0.2, 0.25) is 0 Å². The number of rotatable bonds is 60. The van der Waals surface area contributed by atoms with Crippen LogP contribution in [-0.4, -0.2) is 37.2 Å². The number of ether oxygens (including phenoxy) is 3. The number of allylic oxidation sites excluding steroid dienone is 2.